The van der Waals surface area contributed by atoms with Gasteiger partial charge in [0.25, 0.3) is 0 Å². The van der Waals surface area contributed by atoms with Crippen LogP contribution in [0.1, 0.15) is 106 Å². The number of allylic oxidation sites excluding steroid dienone is 1. The van der Waals surface area contributed by atoms with Crippen molar-refractivity contribution in [2.75, 3.05) is 0 Å². The van der Waals surface area contributed by atoms with E-state index < -0.39 is 0 Å². The van der Waals surface area contributed by atoms with Crippen molar-refractivity contribution in [1.29, 1.82) is 0 Å². The molecule has 180 valence electrons. The Kier molecular flexibility index (Phi) is 5.03. The summed E-state index contributed by atoms with van der Waals surface area (Å²) in [6.07, 6.45) is 13.1. The van der Waals surface area contributed by atoms with Crippen LogP contribution in [-0.4, -0.2) is 17.5 Å². The highest BCUT2D eigenvalue weighted by atomic mass is 16.3. The number of aliphatic hydroxyl groups is 1. The summed E-state index contributed by atoms with van der Waals surface area (Å²) < 4.78 is 0. The fraction of sp³-hybridized carbons (Fsp3) is 0.900. The van der Waals surface area contributed by atoms with Gasteiger partial charge in [-0.2, -0.15) is 0 Å². The number of hydrogen-bond acceptors (Lipinski definition) is 2. The molecule has 1 N–H and O–H groups in total. The molecule has 2 nitrogen and oxygen atoms in total. The molecule has 5 aliphatic carbocycles. The fourth-order valence-electron chi connectivity index (χ4n) is 11.4. The largest absolute Gasteiger partial charge is 0.393 e. The molecule has 0 bridgehead atoms. The molecule has 0 aromatic carbocycles. The van der Waals surface area contributed by atoms with E-state index in [1.807, 2.05) is 0 Å². The van der Waals surface area contributed by atoms with Gasteiger partial charge in [-0.05, 0) is 122 Å². The van der Waals surface area contributed by atoms with Gasteiger partial charge >= 0.3 is 0 Å². The molecule has 10 atom stereocenters. The van der Waals surface area contributed by atoms with Crippen molar-refractivity contribution in [3.63, 3.8) is 0 Å². The highest BCUT2D eigenvalue weighted by Gasteiger charge is 2.70. The van der Waals surface area contributed by atoms with E-state index in [2.05, 4.69) is 48.1 Å². The molecular weight excluding hydrogens is 392 g/mol. The van der Waals surface area contributed by atoms with Gasteiger partial charge in [-0.1, -0.05) is 46.8 Å². The summed E-state index contributed by atoms with van der Waals surface area (Å²) in [6.45, 7) is 19.2. The lowest BCUT2D eigenvalue weighted by Gasteiger charge is -2.72. The predicted octanol–water partition coefficient (Wildman–Crippen LogP) is 7.20. The zero-order valence-corrected chi connectivity index (χ0v) is 21.7. The Morgan fingerprint density at radius 1 is 0.844 bits per heavy atom. The van der Waals surface area contributed by atoms with Crippen LogP contribution in [0.4, 0.5) is 0 Å². The lowest BCUT2D eigenvalue weighted by Crippen LogP contribution is -2.66. The number of carbonyl (C=O) groups excluding carboxylic acids is 1. The van der Waals surface area contributed by atoms with E-state index in [1.54, 1.807) is 0 Å². The van der Waals surface area contributed by atoms with Gasteiger partial charge in [0.2, 0.25) is 0 Å². The second-order valence-corrected chi connectivity index (χ2v) is 14.4. The maximum absolute atomic E-state index is 12.6. The Bertz CT molecular complexity index is 814. The van der Waals surface area contributed by atoms with E-state index in [0.717, 1.165) is 31.6 Å². The van der Waals surface area contributed by atoms with Crippen LogP contribution in [0, 0.1) is 56.7 Å². The van der Waals surface area contributed by atoms with E-state index >= 15 is 0 Å². The van der Waals surface area contributed by atoms with Crippen LogP contribution in [0.5, 0.6) is 0 Å². The molecule has 0 aliphatic heterocycles. The molecule has 0 unspecified atom stereocenters. The Balaban J connectivity index is 1.56. The third-order valence-electron chi connectivity index (χ3n) is 13.3. The first-order valence-corrected chi connectivity index (χ1v) is 13.7. The molecule has 0 saturated heterocycles. The normalized spacial score (nSPS) is 56.3. The summed E-state index contributed by atoms with van der Waals surface area (Å²) in [5.74, 6) is 3.03. The van der Waals surface area contributed by atoms with Gasteiger partial charge in [0, 0.05) is 5.41 Å². The van der Waals surface area contributed by atoms with Crippen LogP contribution in [0.25, 0.3) is 0 Å². The standard InChI is InChI=1S/C30H48O2/c1-19(2)20-10-15-30(18-31)17-16-28(6)21(25(20)30)8-9-23-27(5)13-12-24(32)26(3,4)22(27)11-14-29(23,28)7/h18,20-25,32H,1,8-17H2,2-7H3/t20-,21+,22+,23+,24-,25+,27-,28+,29+,30+/m0/s1. The molecule has 0 heterocycles. The summed E-state index contributed by atoms with van der Waals surface area (Å²) in [5.41, 5.74) is 2.20. The molecule has 5 fully saturated rings. The number of carbonyl (C=O) groups is 1. The van der Waals surface area contributed by atoms with E-state index in [1.165, 1.54) is 50.4 Å². The molecule has 5 rings (SSSR count). The molecule has 5 saturated carbocycles. The van der Waals surface area contributed by atoms with Gasteiger partial charge in [0.1, 0.15) is 6.29 Å². The maximum Gasteiger partial charge on any atom is 0.126 e. The van der Waals surface area contributed by atoms with Gasteiger partial charge in [-0.15, -0.1) is 0 Å². The lowest BCUT2D eigenvalue weighted by molar-refractivity contribution is -0.245. The third kappa shape index (κ3) is 2.60. The quantitative estimate of drug-likeness (QED) is 0.364. The average Bonchev–Trinajstić information content (AvgIpc) is 3.12. The van der Waals surface area contributed by atoms with Crippen molar-refractivity contribution in [3.8, 4) is 0 Å². The van der Waals surface area contributed by atoms with E-state index in [-0.39, 0.29) is 16.9 Å². The highest BCUT2D eigenvalue weighted by Crippen LogP contribution is 2.77. The second-order valence-electron chi connectivity index (χ2n) is 14.4. The topological polar surface area (TPSA) is 37.3 Å². The van der Waals surface area contributed by atoms with Gasteiger partial charge in [0.05, 0.1) is 6.10 Å². The number of rotatable bonds is 2. The van der Waals surface area contributed by atoms with Crippen molar-refractivity contribution in [2.24, 2.45) is 56.7 Å². The minimum Gasteiger partial charge on any atom is -0.393 e. The molecule has 0 spiro atoms. The van der Waals surface area contributed by atoms with Gasteiger partial charge in [0.15, 0.2) is 0 Å². The smallest absolute Gasteiger partial charge is 0.126 e. The Morgan fingerprint density at radius 3 is 2.22 bits per heavy atom. The first kappa shape index (κ1) is 23.1. The summed E-state index contributed by atoms with van der Waals surface area (Å²) in [4.78, 5) is 12.6. The molecule has 5 aliphatic rings. The van der Waals surface area contributed by atoms with Crippen molar-refractivity contribution in [2.45, 2.75) is 112 Å². The molecular formula is C30H48O2. The second kappa shape index (κ2) is 6.96. The van der Waals surface area contributed by atoms with E-state index in [4.69, 9.17) is 0 Å². The van der Waals surface area contributed by atoms with Crippen molar-refractivity contribution in [3.05, 3.63) is 12.2 Å². The van der Waals surface area contributed by atoms with Crippen LogP contribution in [0.2, 0.25) is 0 Å². The number of hydrogen-bond donors (Lipinski definition) is 1. The maximum atomic E-state index is 12.6. The first-order valence-electron chi connectivity index (χ1n) is 13.7. The highest BCUT2D eigenvalue weighted by molar-refractivity contribution is 5.62. The van der Waals surface area contributed by atoms with Crippen molar-refractivity contribution in [1.82, 2.24) is 0 Å². The minimum atomic E-state index is -0.158. The van der Waals surface area contributed by atoms with Crippen molar-refractivity contribution < 1.29 is 9.90 Å². The van der Waals surface area contributed by atoms with Crippen LogP contribution in [0.3, 0.4) is 0 Å². The van der Waals surface area contributed by atoms with Crippen LogP contribution in [-0.2, 0) is 4.79 Å². The zero-order chi connectivity index (χ0) is 23.3. The van der Waals surface area contributed by atoms with Crippen molar-refractivity contribution >= 4 is 6.29 Å². The number of fused-ring (bicyclic) bond motifs is 7. The molecule has 0 aromatic rings. The Labute approximate surface area is 197 Å². The number of aliphatic hydroxyl groups excluding tert-OH is 1. The van der Waals surface area contributed by atoms with Crippen LogP contribution < -0.4 is 0 Å². The molecule has 0 amide bonds. The summed E-state index contributed by atoms with van der Waals surface area (Å²) >= 11 is 0. The average molecular weight is 441 g/mol. The van der Waals surface area contributed by atoms with Crippen LogP contribution >= 0.6 is 0 Å². The fourth-order valence-corrected chi connectivity index (χ4v) is 11.4. The molecule has 0 aromatic heterocycles. The van der Waals surface area contributed by atoms with Gasteiger partial charge in [-0.3, -0.25) is 0 Å². The molecule has 32 heavy (non-hydrogen) atoms. The van der Waals surface area contributed by atoms with Gasteiger partial charge < -0.3 is 9.90 Å². The predicted molar refractivity (Wildman–Crippen MR) is 131 cm³/mol. The Morgan fingerprint density at radius 2 is 1.56 bits per heavy atom. The molecule has 0 radical (unpaired) electrons. The molecule has 2 heteroatoms. The van der Waals surface area contributed by atoms with Crippen LogP contribution in [0.15, 0.2) is 12.2 Å². The summed E-state index contributed by atoms with van der Waals surface area (Å²) in [5, 5.41) is 10.9. The third-order valence-corrected chi connectivity index (χ3v) is 13.3. The monoisotopic (exact) mass is 440 g/mol. The summed E-state index contributed by atoms with van der Waals surface area (Å²) in [6, 6.07) is 0. The SMILES string of the molecule is C=C(C)[C@@H]1CC[C@]2(C=O)CC[C@]3(C)[C@H](CC[C@@H]4[C@@]5(C)CC[C@H](O)C(C)(C)[C@H]5CC[C@]43C)[C@@H]12. The van der Waals surface area contributed by atoms with E-state index in [9.17, 15) is 9.90 Å². The number of aldehydes is 1. The van der Waals surface area contributed by atoms with Gasteiger partial charge in [-0.25, -0.2) is 0 Å². The zero-order valence-electron chi connectivity index (χ0n) is 21.7. The Hall–Kier alpha value is -0.630. The first-order chi connectivity index (χ1) is 14.9. The summed E-state index contributed by atoms with van der Waals surface area (Å²) in [7, 11) is 0. The lowest BCUT2D eigenvalue weighted by atomic mass is 9.32. The van der Waals surface area contributed by atoms with E-state index in [0.29, 0.717) is 39.9 Å². The minimum absolute atomic E-state index is 0.0157.